The molecule has 0 fully saturated rings. The van der Waals surface area contributed by atoms with Crippen LogP contribution in [0.25, 0.3) is 10.9 Å². The Bertz CT molecular complexity index is 1680. The Labute approximate surface area is 225 Å². The Hall–Kier alpha value is -4.10. The number of hydrogen-bond donors (Lipinski definition) is 2. The van der Waals surface area contributed by atoms with Gasteiger partial charge in [-0.1, -0.05) is 11.6 Å². The molecule has 1 amide bonds. The van der Waals surface area contributed by atoms with Crippen LogP contribution in [0.4, 0.5) is 24.7 Å². The predicted molar refractivity (Wildman–Crippen MR) is 141 cm³/mol. The fraction of sp³-hybridized carbons (Fsp3) is 0.280. The van der Waals surface area contributed by atoms with Crippen molar-refractivity contribution in [2.24, 2.45) is 7.05 Å². The molecule has 2 aromatic heterocycles. The van der Waals surface area contributed by atoms with Crippen LogP contribution in [0.5, 0.6) is 0 Å². The third kappa shape index (κ3) is 6.32. The lowest BCUT2D eigenvalue weighted by atomic mass is 10.2. The van der Waals surface area contributed by atoms with E-state index in [4.69, 9.17) is 11.6 Å². The zero-order chi connectivity index (χ0) is 28.4. The van der Waals surface area contributed by atoms with Gasteiger partial charge in [-0.05, 0) is 32.3 Å². The number of nitrogens with zero attached hydrogens (tertiary/aromatic N) is 5. The number of aromatic nitrogens is 4. The maximum Gasteiger partial charge on any atom is 0.333 e. The number of amides is 1. The molecule has 2 aromatic carbocycles. The minimum Gasteiger partial charge on any atom is -0.353 e. The minimum atomic E-state index is -1.39. The molecule has 0 atom stereocenters. The van der Waals surface area contributed by atoms with Crippen molar-refractivity contribution in [3.8, 4) is 0 Å². The predicted octanol–water partition coefficient (Wildman–Crippen LogP) is 2.44. The molecule has 0 unspecified atom stereocenters. The number of likely N-dealkylation sites (N-methyl/N-ethyl adjacent to an activating group) is 1. The average molecular weight is 564 g/mol. The number of rotatable bonds is 9. The van der Waals surface area contributed by atoms with Gasteiger partial charge in [-0.25, -0.2) is 18.0 Å². The van der Waals surface area contributed by atoms with Crippen molar-refractivity contribution in [3.63, 3.8) is 0 Å². The second kappa shape index (κ2) is 11.3. The molecule has 14 heteroatoms. The highest BCUT2D eigenvalue weighted by Crippen LogP contribution is 2.30. The molecule has 10 nitrogen and oxygen atoms in total. The molecule has 2 heterocycles. The Morgan fingerprint density at radius 2 is 1.74 bits per heavy atom. The molecule has 2 N–H and O–H groups in total. The maximum absolute atomic E-state index is 14.5. The molecule has 0 bridgehead atoms. The van der Waals surface area contributed by atoms with E-state index in [2.05, 4.69) is 15.7 Å². The van der Waals surface area contributed by atoms with Crippen LogP contribution in [-0.4, -0.2) is 56.9 Å². The second-order valence-corrected chi connectivity index (χ2v) is 9.56. The molecule has 0 aliphatic carbocycles. The number of benzene rings is 2. The minimum absolute atomic E-state index is 0.108. The highest BCUT2D eigenvalue weighted by molar-refractivity contribution is 6.34. The highest BCUT2D eigenvalue weighted by atomic mass is 35.5. The smallest absolute Gasteiger partial charge is 0.333 e. The third-order valence-corrected chi connectivity index (χ3v) is 6.16. The van der Waals surface area contributed by atoms with Crippen molar-refractivity contribution in [1.29, 1.82) is 0 Å². The van der Waals surface area contributed by atoms with Gasteiger partial charge < -0.3 is 15.5 Å². The van der Waals surface area contributed by atoms with Gasteiger partial charge in [-0.3, -0.25) is 23.4 Å². The van der Waals surface area contributed by atoms with Crippen LogP contribution in [0.1, 0.15) is 5.56 Å². The number of anilines is 2. The van der Waals surface area contributed by atoms with Crippen LogP contribution in [0.3, 0.4) is 0 Å². The van der Waals surface area contributed by atoms with E-state index >= 15 is 0 Å². The molecule has 4 rings (SSSR count). The topological polar surface area (TPSA) is 106 Å². The Morgan fingerprint density at radius 1 is 1.03 bits per heavy atom. The van der Waals surface area contributed by atoms with Crippen LogP contribution in [-0.2, 0) is 24.9 Å². The average Bonchev–Trinajstić information content (AvgIpc) is 3.20. The van der Waals surface area contributed by atoms with Gasteiger partial charge in [-0.15, -0.1) is 0 Å². The van der Waals surface area contributed by atoms with E-state index in [0.29, 0.717) is 39.8 Å². The van der Waals surface area contributed by atoms with E-state index in [0.717, 1.165) is 10.6 Å². The van der Waals surface area contributed by atoms with Crippen LogP contribution in [0.15, 0.2) is 46.1 Å². The summed E-state index contributed by atoms with van der Waals surface area (Å²) in [4.78, 5) is 40.6. The third-order valence-electron chi connectivity index (χ3n) is 5.85. The number of hydrogen-bond acceptors (Lipinski definition) is 6. The van der Waals surface area contributed by atoms with Crippen molar-refractivity contribution >= 4 is 39.9 Å². The standard InChI is InChI=1S/C25H25ClF3N7O3/c1-33(2)5-4-30-23(37)13-36-24(38)10-22(31-21-7-15-11-34(3)32-20(15)8-16(21)26)35(25(36)39)12-14-6-18(28)19(29)9-17(14)27/h6-11,31H,4-5,12-13H2,1-3H3,(H,30,37). The number of halogens is 4. The van der Waals surface area contributed by atoms with Gasteiger partial charge in [0.2, 0.25) is 5.91 Å². The molecule has 4 aromatic rings. The summed E-state index contributed by atoms with van der Waals surface area (Å²) in [5.74, 6) is -4.50. The van der Waals surface area contributed by atoms with Crippen molar-refractivity contribution in [3.05, 3.63) is 85.4 Å². The number of fused-ring (bicyclic) bond motifs is 1. The largest absolute Gasteiger partial charge is 0.353 e. The molecule has 0 radical (unpaired) electrons. The fourth-order valence-electron chi connectivity index (χ4n) is 3.89. The first-order valence-electron chi connectivity index (χ1n) is 11.7. The number of carbonyl (C=O) groups excluding carboxylic acids is 1. The second-order valence-electron chi connectivity index (χ2n) is 9.15. The number of aryl methyl sites for hydroxylation is 1. The summed E-state index contributed by atoms with van der Waals surface area (Å²) < 4.78 is 45.2. The van der Waals surface area contributed by atoms with Crippen molar-refractivity contribution in [2.45, 2.75) is 13.1 Å². The Morgan fingerprint density at radius 3 is 2.46 bits per heavy atom. The summed E-state index contributed by atoms with van der Waals surface area (Å²) >= 11 is 6.40. The van der Waals surface area contributed by atoms with E-state index in [-0.39, 0.29) is 22.9 Å². The summed E-state index contributed by atoms with van der Waals surface area (Å²) in [6, 6.07) is 5.25. The van der Waals surface area contributed by atoms with Gasteiger partial charge >= 0.3 is 5.69 Å². The molecule has 0 saturated carbocycles. The molecule has 0 saturated heterocycles. The zero-order valence-electron chi connectivity index (χ0n) is 21.3. The molecule has 0 aliphatic heterocycles. The summed E-state index contributed by atoms with van der Waals surface area (Å²) in [7, 11) is 5.36. The van der Waals surface area contributed by atoms with Gasteiger partial charge in [0.25, 0.3) is 5.56 Å². The Balaban J connectivity index is 1.77. The van der Waals surface area contributed by atoms with Crippen molar-refractivity contribution in [2.75, 3.05) is 32.5 Å². The van der Waals surface area contributed by atoms with Gasteiger partial charge in [0.1, 0.15) is 18.2 Å². The number of nitrogens with one attached hydrogen (secondary N) is 2. The normalized spacial score (nSPS) is 11.4. The highest BCUT2D eigenvalue weighted by Gasteiger charge is 2.19. The molecule has 39 heavy (non-hydrogen) atoms. The quantitative estimate of drug-likeness (QED) is 0.303. The SMILES string of the molecule is CN(C)CCNC(=O)Cn1c(=O)cc(Nc2cc3cn(C)nc3cc2Cl)n(Cc2cc(F)c(F)cc2F)c1=O. The van der Waals surface area contributed by atoms with Gasteiger partial charge in [-0.2, -0.15) is 5.10 Å². The molecule has 0 spiro atoms. The van der Waals surface area contributed by atoms with Crippen molar-refractivity contribution in [1.82, 2.24) is 29.1 Å². The first-order chi connectivity index (χ1) is 18.4. The van der Waals surface area contributed by atoms with E-state index < -0.39 is 47.7 Å². The van der Waals surface area contributed by atoms with Gasteiger partial charge in [0.15, 0.2) is 11.6 Å². The first kappa shape index (κ1) is 27.9. The first-order valence-corrected chi connectivity index (χ1v) is 12.1. The summed E-state index contributed by atoms with van der Waals surface area (Å²) in [6.07, 6.45) is 1.73. The molecule has 0 aliphatic rings. The van der Waals surface area contributed by atoms with E-state index in [9.17, 15) is 27.6 Å². The van der Waals surface area contributed by atoms with Gasteiger partial charge in [0.05, 0.1) is 22.8 Å². The van der Waals surface area contributed by atoms with E-state index in [1.54, 1.807) is 30.1 Å². The maximum atomic E-state index is 14.5. The van der Waals surface area contributed by atoms with Gasteiger partial charge in [0, 0.05) is 49.4 Å². The lowest BCUT2D eigenvalue weighted by Crippen LogP contribution is -2.44. The number of carbonyl (C=O) groups is 1. The molecular formula is C25H25ClF3N7O3. The lowest BCUT2D eigenvalue weighted by Gasteiger charge is -2.18. The van der Waals surface area contributed by atoms with E-state index in [1.165, 1.54) is 0 Å². The van der Waals surface area contributed by atoms with Crippen LogP contribution < -0.4 is 21.9 Å². The van der Waals surface area contributed by atoms with Crippen molar-refractivity contribution < 1.29 is 18.0 Å². The monoisotopic (exact) mass is 563 g/mol. The Kier molecular flexibility index (Phi) is 8.11. The lowest BCUT2D eigenvalue weighted by molar-refractivity contribution is -0.121. The van der Waals surface area contributed by atoms with Crippen LogP contribution >= 0.6 is 11.6 Å². The summed E-state index contributed by atoms with van der Waals surface area (Å²) in [6.45, 7) is -0.373. The zero-order valence-corrected chi connectivity index (χ0v) is 22.0. The molecule has 206 valence electrons. The van der Waals surface area contributed by atoms with Crippen LogP contribution in [0.2, 0.25) is 5.02 Å². The van der Waals surface area contributed by atoms with E-state index in [1.807, 2.05) is 19.0 Å². The summed E-state index contributed by atoms with van der Waals surface area (Å²) in [5.41, 5.74) is -1.24. The molecular weight excluding hydrogens is 539 g/mol. The summed E-state index contributed by atoms with van der Waals surface area (Å²) in [5, 5.41) is 10.7. The fourth-order valence-corrected chi connectivity index (χ4v) is 4.10. The van der Waals surface area contributed by atoms with Crippen LogP contribution in [0, 0.1) is 17.5 Å².